The first-order valence-corrected chi connectivity index (χ1v) is 7.98. The number of imidazole rings is 1. The molecule has 26 heavy (non-hydrogen) atoms. The second-order valence-corrected chi connectivity index (χ2v) is 5.87. The Hall–Kier alpha value is -3.98. The van der Waals surface area contributed by atoms with Crippen LogP contribution < -0.4 is 0 Å². The average Bonchev–Trinajstić information content (AvgIpc) is 3.35. The topological polar surface area (TPSA) is 80.0 Å². The zero-order valence-electron chi connectivity index (χ0n) is 13.5. The zero-order chi connectivity index (χ0) is 17.5. The SMILES string of the molecule is N#Cc1cccc(-c2ccc3ncoc3c2)c1-c1cn2cncc2cn1. The van der Waals surface area contributed by atoms with Gasteiger partial charge >= 0.3 is 0 Å². The fourth-order valence-electron chi connectivity index (χ4n) is 3.14. The summed E-state index contributed by atoms with van der Waals surface area (Å²) in [6, 6.07) is 13.7. The Morgan fingerprint density at radius 2 is 2.04 bits per heavy atom. The van der Waals surface area contributed by atoms with Gasteiger partial charge in [-0.3, -0.25) is 4.98 Å². The van der Waals surface area contributed by atoms with Crippen LogP contribution in [0.2, 0.25) is 0 Å². The molecule has 6 heteroatoms. The van der Waals surface area contributed by atoms with Crippen molar-refractivity contribution in [2.24, 2.45) is 0 Å². The molecule has 0 amide bonds. The maximum Gasteiger partial charge on any atom is 0.181 e. The number of aromatic nitrogens is 4. The van der Waals surface area contributed by atoms with E-state index in [1.165, 1.54) is 6.39 Å². The van der Waals surface area contributed by atoms with Crippen LogP contribution in [-0.4, -0.2) is 19.4 Å². The van der Waals surface area contributed by atoms with Crippen LogP contribution >= 0.6 is 0 Å². The minimum Gasteiger partial charge on any atom is -0.443 e. The Morgan fingerprint density at radius 1 is 1.08 bits per heavy atom. The van der Waals surface area contributed by atoms with E-state index in [0.29, 0.717) is 16.8 Å². The van der Waals surface area contributed by atoms with Gasteiger partial charge in [0.2, 0.25) is 0 Å². The number of oxazole rings is 1. The molecule has 0 aliphatic heterocycles. The first-order valence-electron chi connectivity index (χ1n) is 7.98. The van der Waals surface area contributed by atoms with E-state index in [4.69, 9.17) is 4.42 Å². The quantitative estimate of drug-likeness (QED) is 0.485. The van der Waals surface area contributed by atoms with Gasteiger partial charge in [0.05, 0.1) is 41.6 Å². The molecule has 5 rings (SSSR count). The molecule has 0 saturated heterocycles. The Bertz CT molecular complexity index is 1310. The lowest BCUT2D eigenvalue weighted by Crippen LogP contribution is -1.95. The molecular formula is C20H11N5O. The predicted molar refractivity (Wildman–Crippen MR) is 96.1 cm³/mol. The highest BCUT2D eigenvalue weighted by atomic mass is 16.3. The summed E-state index contributed by atoms with van der Waals surface area (Å²) in [4.78, 5) is 12.8. The first kappa shape index (κ1) is 14.4. The van der Waals surface area contributed by atoms with Crippen molar-refractivity contribution in [2.45, 2.75) is 0 Å². The van der Waals surface area contributed by atoms with E-state index in [2.05, 4.69) is 21.0 Å². The van der Waals surface area contributed by atoms with Crippen molar-refractivity contribution in [3.05, 3.63) is 73.3 Å². The van der Waals surface area contributed by atoms with Crippen molar-refractivity contribution in [3.8, 4) is 28.5 Å². The highest BCUT2D eigenvalue weighted by Gasteiger charge is 2.15. The van der Waals surface area contributed by atoms with Crippen molar-refractivity contribution in [1.29, 1.82) is 5.26 Å². The summed E-state index contributed by atoms with van der Waals surface area (Å²) in [6.45, 7) is 0. The fourth-order valence-corrected chi connectivity index (χ4v) is 3.14. The molecule has 122 valence electrons. The molecular weight excluding hydrogens is 326 g/mol. The van der Waals surface area contributed by atoms with Crippen LogP contribution in [0.5, 0.6) is 0 Å². The van der Waals surface area contributed by atoms with Gasteiger partial charge in [-0.2, -0.15) is 5.26 Å². The van der Waals surface area contributed by atoms with Gasteiger partial charge in [-0.1, -0.05) is 18.2 Å². The summed E-state index contributed by atoms with van der Waals surface area (Å²) >= 11 is 0. The Morgan fingerprint density at radius 3 is 2.96 bits per heavy atom. The second kappa shape index (κ2) is 5.53. The highest BCUT2D eigenvalue weighted by molar-refractivity contribution is 5.89. The van der Waals surface area contributed by atoms with Gasteiger partial charge in [-0.05, 0) is 29.3 Å². The third-order valence-electron chi connectivity index (χ3n) is 4.38. The molecule has 6 nitrogen and oxygen atoms in total. The van der Waals surface area contributed by atoms with Gasteiger partial charge in [-0.25, -0.2) is 9.97 Å². The Labute approximate surface area is 148 Å². The highest BCUT2D eigenvalue weighted by Crippen LogP contribution is 2.35. The number of nitriles is 1. The molecule has 0 atom stereocenters. The van der Waals surface area contributed by atoms with Gasteiger partial charge < -0.3 is 8.82 Å². The molecule has 0 bridgehead atoms. The maximum atomic E-state index is 9.64. The van der Waals surface area contributed by atoms with Crippen molar-refractivity contribution in [1.82, 2.24) is 19.4 Å². The molecule has 3 heterocycles. The van der Waals surface area contributed by atoms with Crippen LogP contribution in [0.4, 0.5) is 0 Å². The molecule has 0 aliphatic carbocycles. The summed E-state index contributed by atoms with van der Waals surface area (Å²) in [7, 11) is 0. The molecule has 3 aromatic heterocycles. The average molecular weight is 337 g/mol. The van der Waals surface area contributed by atoms with E-state index in [-0.39, 0.29) is 0 Å². The van der Waals surface area contributed by atoms with Gasteiger partial charge in [0, 0.05) is 11.8 Å². The largest absolute Gasteiger partial charge is 0.443 e. The monoisotopic (exact) mass is 337 g/mol. The molecule has 0 spiro atoms. The van der Waals surface area contributed by atoms with Gasteiger partial charge in [-0.15, -0.1) is 0 Å². The molecule has 0 aliphatic rings. The predicted octanol–water partition coefficient (Wildman–Crippen LogP) is 4.08. The molecule has 0 saturated carbocycles. The van der Waals surface area contributed by atoms with Gasteiger partial charge in [0.1, 0.15) is 5.52 Å². The number of rotatable bonds is 2. The number of hydrogen-bond donors (Lipinski definition) is 0. The third-order valence-corrected chi connectivity index (χ3v) is 4.38. The summed E-state index contributed by atoms with van der Waals surface area (Å²) in [5, 5.41) is 9.64. The van der Waals surface area contributed by atoms with E-state index in [0.717, 1.165) is 27.7 Å². The maximum absolute atomic E-state index is 9.64. The van der Waals surface area contributed by atoms with Crippen LogP contribution in [-0.2, 0) is 0 Å². The molecule has 0 radical (unpaired) electrons. The molecule has 5 aromatic rings. The van der Waals surface area contributed by atoms with Crippen LogP contribution in [0.15, 0.2) is 72.1 Å². The summed E-state index contributed by atoms with van der Waals surface area (Å²) in [5.41, 5.74) is 6.30. The van der Waals surface area contributed by atoms with Crippen molar-refractivity contribution >= 4 is 16.6 Å². The Kier molecular flexibility index (Phi) is 3.06. The summed E-state index contributed by atoms with van der Waals surface area (Å²) in [5.74, 6) is 0. The molecule has 0 unspecified atom stereocenters. The normalized spacial score (nSPS) is 11.0. The number of hydrogen-bond acceptors (Lipinski definition) is 5. The van der Waals surface area contributed by atoms with Crippen molar-refractivity contribution in [2.75, 3.05) is 0 Å². The van der Waals surface area contributed by atoms with E-state index in [1.54, 1.807) is 24.8 Å². The minimum atomic E-state index is 0.562. The van der Waals surface area contributed by atoms with Crippen LogP contribution in [0.25, 0.3) is 39.0 Å². The number of benzene rings is 2. The lowest BCUT2D eigenvalue weighted by Gasteiger charge is -2.11. The van der Waals surface area contributed by atoms with Gasteiger partial charge in [0.25, 0.3) is 0 Å². The minimum absolute atomic E-state index is 0.562. The van der Waals surface area contributed by atoms with Crippen molar-refractivity contribution in [3.63, 3.8) is 0 Å². The standard InChI is InChI=1S/C20H11N5O/c21-7-14-2-1-3-16(13-4-5-17-19(6-13)26-12-24-17)20(14)18-10-25-11-22-8-15(25)9-23-18/h1-6,8-12H. The third kappa shape index (κ3) is 2.15. The fraction of sp³-hybridized carbons (Fsp3) is 0. The van der Waals surface area contributed by atoms with E-state index < -0.39 is 0 Å². The molecule has 0 fully saturated rings. The van der Waals surface area contributed by atoms with E-state index >= 15 is 0 Å². The van der Waals surface area contributed by atoms with Crippen LogP contribution in [0.3, 0.4) is 0 Å². The lowest BCUT2D eigenvalue weighted by molar-refractivity contribution is 0.602. The van der Waals surface area contributed by atoms with Crippen LogP contribution in [0.1, 0.15) is 5.56 Å². The molecule has 2 aromatic carbocycles. The zero-order valence-corrected chi connectivity index (χ0v) is 13.5. The Balaban J connectivity index is 1.79. The van der Waals surface area contributed by atoms with E-state index in [9.17, 15) is 5.26 Å². The number of nitrogens with zero attached hydrogens (tertiary/aromatic N) is 5. The second-order valence-electron chi connectivity index (χ2n) is 5.87. The molecule has 0 N–H and O–H groups in total. The summed E-state index contributed by atoms with van der Waals surface area (Å²) in [6.07, 6.45) is 8.52. The van der Waals surface area contributed by atoms with E-state index in [1.807, 2.05) is 40.9 Å². The lowest BCUT2D eigenvalue weighted by atomic mass is 9.93. The number of fused-ring (bicyclic) bond motifs is 2. The van der Waals surface area contributed by atoms with Crippen molar-refractivity contribution < 1.29 is 4.42 Å². The summed E-state index contributed by atoms with van der Waals surface area (Å²) < 4.78 is 7.31. The smallest absolute Gasteiger partial charge is 0.181 e. The van der Waals surface area contributed by atoms with Crippen LogP contribution in [0, 0.1) is 11.3 Å². The first-order chi connectivity index (χ1) is 12.8. The van der Waals surface area contributed by atoms with Gasteiger partial charge in [0.15, 0.2) is 12.0 Å².